The minimum Gasteiger partial charge on any atom is -0.339 e. The van der Waals surface area contributed by atoms with E-state index < -0.39 is 0 Å². The molecular weight excluding hydrogens is 250 g/mol. The molecule has 18 heavy (non-hydrogen) atoms. The lowest BCUT2D eigenvalue weighted by Gasteiger charge is -2.13. The molecule has 1 aromatic carbocycles. The highest BCUT2D eigenvalue weighted by Gasteiger charge is 2.21. The molecule has 96 valence electrons. The highest BCUT2D eigenvalue weighted by molar-refractivity contribution is 6.33. The summed E-state index contributed by atoms with van der Waals surface area (Å²) in [5.41, 5.74) is 6.68. The molecule has 0 radical (unpaired) electrons. The zero-order valence-electron chi connectivity index (χ0n) is 10.4. The SMILES string of the molecule is CCC(c1nc(-c2ccccc2Cl)no1)C(C)N. The quantitative estimate of drug-likeness (QED) is 0.922. The normalized spacial score (nSPS) is 14.4. The summed E-state index contributed by atoms with van der Waals surface area (Å²) in [6.45, 7) is 3.99. The Balaban J connectivity index is 2.34. The van der Waals surface area contributed by atoms with Gasteiger partial charge in [-0.25, -0.2) is 0 Å². The predicted molar refractivity (Wildman–Crippen MR) is 71.4 cm³/mol. The van der Waals surface area contributed by atoms with Gasteiger partial charge < -0.3 is 10.3 Å². The van der Waals surface area contributed by atoms with Crippen LogP contribution < -0.4 is 5.73 Å². The molecule has 0 bridgehead atoms. The molecule has 0 spiro atoms. The van der Waals surface area contributed by atoms with Crippen molar-refractivity contribution in [1.82, 2.24) is 10.1 Å². The van der Waals surface area contributed by atoms with Crippen LogP contribution in [0.5, 0.6) is 0 Å². The van der Waals surface area contributed by atoms with E-state index in [4.69, 9.17) is 21.9 Å². The first-order valence-corrected chi connectivity index (χ1v) is 6.35. The smallest absolute Gasteiger partial charge is 0.231 e. The number of hydrogen-bond donors (Lipinski definition) is 1. The van der Waals surface area contributed by atoms with Gasteiger partial charge in [0, 0.05) is 11.6 Å². The maximum atomic E-state index is 6.10. The number of nitrogens with two attached hydrogens (primary N) is 1. The van der Waals surface area contributed by atoms with Crippen LogP contribution in [0.4, 0.5) is 0 Å². The molecule has 0 saturated heterocycles. The van der Waals surface area contributed by atoms with Crippen LogP contribution in [0.25, 0.3) is 11.4 Å². The van der Waals surface area contributed by atoms with E-state index in [1.165, 1.54) is 0 Å². The summed E-state index contributed by atoms with van der Waals surface area (Å²) >= 11 is 6.10. The monoisotopic (exact) mass is 265 g/mol. The van der Waals surface area contributed by atoms with Gasteiger partial charge in [0.1, 0.15) is 0 Å². The van der Waals surface area contributed by atoms with E-state index in [9.17, 15) is 0 Å². The first-order valence-electron chi connectivity index (χ1n) is 5.97. The van der Waals surface area contributed by atoms with Gasteiger partial charge in [-0.15, -0.1) is 0 Å². The van der Waals surface area contributed by atoms with Crippen LogP contribution in [0, 0.1) is 0 Å². The number of nitrogens with zero attached hydrogens (tertiary/aromatic N) is 2. The standard InChI is InChI=1S/C13H16ClN3O/c1-3-9(8(2)15)13-16-12(17-18-13)10-6-4-5-7-11(10)14/h4-9H,3,15H2,1-2H3. The number of benzene rings is 1. The maximum absolute atomic E-state index is 6.10. The Labute approximate surface area is 111 Å². The molecule has 4 nitrogen and oxygen atoms in total. The van der Waals surface area contributed by atoms with Gasteiger partial charge in [-0.3, -0.25) is 0 Å². The molecule has 0 aliphatic rings. The molecule has 2 atom stereocenters. The van der Waals surface area contributed by atoms with Crippen molar-refractivity contribution in [3.05, 3.63) is 35.2 Å². The fourth-order valence-corrected chi connectivity index (χ4v) is 2.13. The topological polar surface area (TPSA) is 64.9 Å². The molecule has 0 saturated carbocycles. The molecule has 2 N–H and O–H groups in total. The maximum Gasteiger partial charge on any atom is 0.231 e. The van der Waals surface area contributed by atoms with E-state index >= 15 is 0 Å². The van der Waals surface area contributed by atoms with Crippen molar-refractivity contribution >= 4 is 11.6 Å². The molecule has 2 rings (SSSR count). The summed E-state index contributed by atoms with van der Waals surface area (Å²) in [7, 11) is 0. The van der Waals surface area contributed by atoms with Crippen LogP contribution in [0.15, 0.2) is 28.8 Å². The molecule has 1 heterocycles. The molecule has 2 unspecified atom stereocenters. The Hall–Kier alpha value is -1.39. The third-order valence-corrected chi connectivity index (χ3v) is 3.28. The van der Waals surface area contributed by atoms with E-state index in [0.29, 0.717) is 16.7 Å². The number of hydrogen-bond acceptors (Lipinski definition) is 4. The van der Waals surface area contributed by atoms with E-state index in [1.807, 2.05) is 32.0 Å². The molecule has 5 heteroatoms. The Morgan fingerprint density at radius 1 is 1.39 bits per heavy atom. The number of aromatic nitrogens is 2. The van der Waals surface area contributed by atoms with Gasteiger partial charge in [-0.05, 0) is 25.5 Å². The van der Waals surface area contributed by atoms with Crippen molar-refractivity contribution in [2.75, 3.05) is 0 Å². The second kappa shape index (κ2) is 5.50. The highest BCUT2D eigenvalue weighted by Crippen LogP contribution is 2.27. The number of rotatable bonds is 4. The molecule has 0 aliphatic heterocycles. The van der Waals surface area contributed by atoms with Crippen LogP contribution in [0.3, 0.4) is 0 Å². The molecule has 0 amide bonds. The van der Waals surface area contributed by atoms with E-state index in [-0.39, 0.29) is 12.0 Å². The zero-order valence-corrected chi connectivity index (χ0v) is 11.2. The van der Waals surface area contributed by atoms with Crippen LogP contribution in [0.1, 0.15) is 32.1 Å². The van der Waals surface area contributed by atoms with Crippen LogP contribution in [-0.4, -0.2) is 16.2 Å². The minimum atomic E-state index is -0.0189. The second-order valence-electron chi connectivity index (χ2n) is 4.31. The van der Waals surface area contributed by atoms with Crippen molar-refractivity contribution in [2.45, 2.75) is 32.2 Å². The molecule has 2 aromatic rings. The van der Waals surface area contributed by atoms with Gasteiger partial charge in [0.05, 0.1) is 10.9 Å². The van der Waals surface area contributed by atoms with Gasteiger partial charge >= 0.3 is 0 Å². The summed E-state index contributed by atoms with van der Waals surface area (Å²) < 4.78 is 5.29. The minimum absolute atomic E-state index is 0.0189. The Kier molecular flexibility index (Phi) is 3.99. The fraction of sp³-hybridized carbons (Fsp3) is 0.385. The first-order chi connectivity index (χ1) is 8.63. The summed E-state index contributed by atoms with van der Waals surface area (Å²) in [6.07, 6.45) is 0.863. The van der Waals surface area contributed by atoms with Crippen LogP contribution in [0.2, 0.25) is 5.02 Å². The van der Waals surface area contributed by atoms with Gasteiger partial charge in [-0.2, -0.15) is 4.98 Å². The van der Waals surface area contributed by atoms with Gasteiger partial charge in [-0.1, -0.05) is 35.8 Å². The van der Waals surface area contributed by atoms with Crippen molar-refractivity contribution in [2.24, 2.45) is 5.73 Å². The molecular formula is C13H16ClN3O. The summed E-state index contributed by atoms with van der Waals surface area (Å²) in [6, 6.07) is 7.40. The zero-order chi connectivity index (χ0) is 13.1. The van der Waals surface area contributed by atoms with Gasteiger partial charge in [0.15, 0.2) is 0 Å². The molecule has 0 fully saturated rings. The lowest BCUT2D eigenvalue weighted by Crippen LogP contribution is -2.24. The first kappa shape index (κ1) is 13.1. The fourth-order valence-electron chi connectivity index (χ4n) is 1.91. The molecule has 1 aromatic heterocycles. The average molecular weight is 266 g/mol. The van der Waals surface area contributed by atoms with E-state index in [0.717, 1.165) is 12.0 Å². The van der Waals surface area contributed by atoms with Crippen molar-refractivity contribution in [1.29, 1.82) is 0 Å². The third-order valence-electron chi connectivity index (χ3n) is 2.95. The van der Waals surface area contributed by atoms with E-state index in [1.54, 1.807) is 6.07 Å². The Bertz CT molecular complexity index is 524. The van der Waals surface area contributed by atoms with Gasteiger partial charge in [0.25, 0.3) is 0 Å². The van der Waals surface area contributed by atoms with Crippen molar-refractivity contribution in [3.8, 4) is 11.4 Å². The Morgan fingerprint density at radius 2 is 2.11 bits per heavy atom. The predicted octanol–water partition coefficient (Wildman–Crippen LogP) is 3.23. The largest absolute Gasteiger partial charge is 0.339 e. The summed E-state index contributed by atoms with van der Waals surface area (Å²) in [5, 5.41) is 4.58. The average Bonchev–Trinajstić information content (AvgIpc) is 2.79. The lowest BCUT2D eigenvalue weighted by molar-refractivity contribution is 0.334. The summed E-state index contributed by atoms with van der Waals surface area (Å²) in [5.74, 6) is 1.16. The second-order valence-corrected chi connectivity index (χ2v) is 4.72. The van der Waals surface area contributed by atoms with Crippen molar-refractivity contribution < 1.29 is 4.52 Å². The van der Waals surface area contributed by atoms with Crippen LogP contribution in [-0.2, 0) is 0 Å². The Morgan fingerprint density at radius 3 is 2.72 bits per heavy atom. The van der Waals surface area contributed by atoms with Gasteiger partial charge in [0.2, 0.25) is 11.7 Å². The van der Waals surface area contributed by atoms with Crippen LogP contribution >= 0.6 is 11.6 Å². The molecule has 0 aliphatic carbocycles. The van der Waals surface area contributed by atoms with E-state index in [2.05, 4.69) is 10.1 Å². The summed E-state index contributed by atoms with van der Waals surface area (Å²) in [4.78, 5) is 4.39. The third kappa shape index (κ3) is 2.54. The van der Waals surface area contributed by atoms with Crippen molar-refractivity contribution in [3.63, 3.8) is 0 Å². The lowest BCUT2D eigenvalue weighted by atomic mass is 9.99. The highest BCUT2D eigenvalue weighted by atomic mass is 35.5. The number of halogens is 1.